The van der Waals surface area contributed by atoms with E-state index in [9.17, 15) is 4.79 Å². The van der Waals surface area contributed by atoms with Gasteiger partial charge in [0.1, 0.15) is 11.8 Å². The van der Waals surface area contributed by atoms with E-state index >= 15 is 0 Å². The first kappa shape index (κ1) is 14.6. The van der Waals surface area contributed by atoms with Gasteiger partial charge in [-0.3, -0.25) is 4.79 Å². The number of carboxylic acids is 1. The number of fused-ring (bicyclic) bond motifs is 1. The van der Waals surface area contributed by atoms with Crippen molar-refractivity contribution in [2.24, 2.45) is 5.73 Å². The fourth-order valence-corrected chi connectivity index (χ4v) is 2.71. The fourth-order valence-electron chi connectivity index (χ4n) is 1.79. The lowest BCUT2D eigenvalue weighted by Crippen LogP contribution is -2.32. The van der Waals surface area contributed by atoms with E-state index in [0.29, 0.717) is 5.75 Å². The second-order valence-electron chi connectivity index (χ2n) is 4.42. The molecule has 2 aromatic rings. The molecule has 6 heteroatoms. The lowest BCUT2D eigenvalue weighted by molar-refractivity contribution is -0.137. The van der Waals surface area contributed by atoms with Gasteiger partial charge in [0.15, 0.2) is 0 Å². The third-order valence-corrected chi connectivity index (χ3v) is 3.96. The van der Waals surface area contributed by atoms with E-state index in [1.807, 2.05) is 31.2 Å². The molecule has 5 nitrogen and oxygen atoms in total. The van der Waals surface area contributed by atoms with E-state index in [2.05, 4.69) is 4.98 Å². The van der Waals surface area contributed by atoms with Crippen molar-refractivity contribution >= 4 is 28.6 Å². The number of aliphatic carboxylic acids is 1. The van der Waals surface area contributed by atoms with Crippen LogP contribution in [0.1, 0.15) is 5.56 Å². The zero-order valence-electron chi connectivity index (χ0n) is 11.3. The molecule has 20 heavy (non-hydrogen) atoms. The molecular formula is C14H16N2O3S. The van der Waals surface area contributed by atoms with E-state index in [0.717, 1.165) is 27.2 Å². The van der Waals surface area contributed by atoms with Crippen molar-refractivity contribution in [1.82, 2.24) is 4.98 Å². The van der Waals surface area contributed by atoms with Gasteiger partial charge in [-0.25, -0.2) is 4.98 Å². The van der Waals surface area contributed by atoms with Gasteiger partial charge in [-0.15, -0.1) is 11.8 Å². The van der Waals surface area contributed by atoms with Crippen molar-refractivity contribution in [3.63, 3.8) is 0 Å². The van der Waals surface area contributed by atoms with Crippen molar-refractivity contribution in [3.8, 4) is 5.75 Å². The van der Waals surface area contributed by atoms with Crippen LogP contribution in [0.4, 0.5) is 0 Å². The molecule has 0 spiro atoms. The summed E-state index contributed by atoms with van der Waals surface area (Å²) in [6.45, 7) is 1.99. The molecule has 1 heterocycles. The highest BCUT2D eigenvalue weighted by Crippen LogP contribution is 2.26. The molecular weight excluding hydrogens is 276 g/mol. The third-order valence-electron chi connectivity index (χ3n) is 2.93. The van der Waals surface area contributed by atoms with Crippen molar-refractivity contribution in [3.05, 3.63) is 29.8 Å². The second kappa shape index (κ2) is 6.11. The topological polar surface area (TPSA) is 85.4 Å². The van der Waals surface area contributed by atoms with Crippen LogP contribution in [0.15, 0.2) is 29.3 Å². The summed E-state index contributed by atoms with van der Waals surface area (Å²) in [5, 5.41) is 10.6. The second-order valence-corrected chi connectivity index (χ2v) is 5.46. The lowest BCUT2D eigenvalue weighted by Gasteiger charge is -2.09. The average molecular weight is 292 g/mol. The number of hydrogen-bond donors (Lipinski definition) is 2. The summed E-state index contributed by atoms with van der Waals surface area (Å²) in [5.74, 6) is 0.0825. The van der Waals surface area contributed by atoms with Crippen LogP contribution in [0.5, 0.6) is 5.75 Å². The number of aromatic nitrogens is 1. The molecule has 1 aromatic carbocycles. The van der Waals surface area contributed by atoms with Crippen LogP contribution in [-0.2, 0) is 4.79 Å². The normalized spacial score (nSPS) is 12.3. The summed E-state index contributed by atoms with van der Waals surface area (Å²) in [6.07, 6.45) is 0. The van der Waals surface area contributed by atoms with Gasteiger partial charge in [0.05, 0.1) is 17.7 Å². The van der Waals surface area contributed by atoms with Crippen LogP contribution in [0.2, 0.25) is 0 Å². The van der Waals surface area contributed by atoms with Gasteiger partial charge in [-0.2, -0.15) is 0 Å². The summed E-state index contributed by atoms with van der Waals surface area (Å²) >= 11 is 1.35. The molecule has 3 N–H and O–H groups in total. The van der Waals surface area contributed by atoms with Gasteiger partial charge in [-0.1, -0.05) is 0 Å². The quantitative estimate of drug-likeness (QED) is 0.820. The molecule has 0 amide bonds. The molecule has 0 bridgehead atoms. The molecule has 106 valence electrons. The van der Waals surface area contributed by atoms with Crippen LogP contribution in [-0.4, -0.2) is 35.0 Å². The number of methoxy groups -OCH3 is 1. The number of rotatable bonds is 5. The molecule has 1 aromatic heterocycles. The molecule has 0 saturated carbocycles. The molecule has 0 fully saturated rings. The zero-order chi connectivity index (χ0) is 14.7. The number of pyridine rings is 1. The van der Waals surface area contributed by atoms with E-state index in [1.165, 1.54) is 11.8 Å². The number of hydrogen-bond acceptors (Lipinski definition) is 5. The van der Waals surface area contributed by atoms with Crippen LogP contribution in [0.25, 0.3) is 10.9 Å². The molecule has 0 aliphatic heterocycles. The Labute approximate surface area is 121 Å². The summed E-state index contributed by atoms with van der Waals surface area (Å²) in [6, 6.07) is 6.73. The Morgan fingerprint density at radius 1 is 1.50 bits per heavy atom. The Kier molecular flexibility index (Phi) is 4.46. The van der Waals surface area contributed by atoms with Crippen LogP contribution < -0.4 is 10.5 Å². The van der Waals surface area contributed by atoms with Crippen molar-refractivity contribution in [2.75, 3.05) is 12.9 Å². The standard InChI is InChI=1S/C14H16N2O3S/c1-8-5-13(20-7-11(15)14(17)18)16-12-4-3-9(19-2)6-10(8)12/h3-6,11H,7,15H2,1-2H3,(H,17,18)/t11-/m0/s1. The van der Waals surface area contributed by atoms with Gasteiger partial charge in [0, 0.05) is 11.1 Å². The average Bonchev–Trinajstić information content (AvgIpc) is 2.44. The Balaban J connectivity index is 2.26. The summed E-state index contributed by atoms with van der Waals surface area (Å²) in [5.41, 5.74) is 7.42. The highest BCUT2D eigenvalue weighted by Gasteiger charge is 2.13. The molecule has 0 radical (unpaired) electrons. The highest BCUT2D eigenvalue weighted by molar-refractivity contribution is 7.99. The van der Waals surface area contributed by atoms with Crippen molar-refractivity contribution in [1.29, 1.82) is 0 Å². The molecule has 1 atom stereocenters. The zero-order valence-corrected chi connectivity index (χ0v) is 12.1. The Morgan fingerprint density at radius 3 is 2.90 bits per heavy atom. The fraction of sp³-hybridized carbons (Fsp3) is 0.286. The first-order chi connectivity index (χ1) is 9.51. The third kappa shape index (κ3) is 3.20. The number of thioether (sulfide) groups is 1. The molecule has 2 rings (SSSR count). The SMILES string of the molecule is COc1ccc2nc(SC[C@H](N)C(=O)O)cc(C)c2c1. The lowest BCUT2D eigenvalue weighted by atomic mass is 10.1. The van der Waals surface area contributed by atoms with E-state index in [-0.39, 0.29) is 0 Å². The van der Waals surface area contributed by atoms with Gasteiger partial charge >= 0.3 is 5.97 Å². The van der Waals surface area contributed by atoms with Gasteiger partial charge in [0.25, 0.3) is 0 Å². The predicted octanol–water partition coefficient (Wildman–Crippen LogP) is 2.06. The summed E-state index contributed by atoms with van der Waals surface area (Å²) < 4.78 is 5.20. The number of ether oxygens (including phenoxy) is 1. The smallest absolute Gasteiger partial charge is 0.321 e. The molecule has 0 unspecified atom stereocenters. The summed E-state index contributed by atoms with van der Waals surface area (Å²) in [7, 11) is 1.63. The number of carbonyl (C=O) groups is 1. The van der Waals surface area contributed by atoms with Crippen molar-refractivity contribution < 1.29 is 14.6 Å². The maximum Gasteiger partial charge on any atom is 0.321 e. The van der Waals surface area contributed by atoms with Gasteiger partial charge in [0.2, 0.25) is 0 Å². The van der Waals surface area contributed by atoms with E-state index in [1.54, 1.807) is 7.11 Å². The minimum absolute atomic E-state index is 0.295. The number of nitrogens with zero attached hydrogens (tertiary/aromatic N) is 1. The molecule has 0 aliphatic rings. The number of aryl methyl sites for hydroxylation is 1. The number of benzene rings is 1. The van der Waals surface area contributed by atoms with Crippen LogP contribution >= 0.6 is 11.8 Å². The number of carboxylic acid groups (broad SMARTS) is 1. The Morgan fingerprint density at radius 2 is 2.25 bits per heavy atom. The van der Waals surface area contributed by atoms with Crippen LogP contribution in [0.3, 0.4) is 0 Å². The minimum Gasteiger partial charge on any atom is -0.497 e. The largest absolute Gasteiger partial charge is 0.497 e. The monoisotopic (exact) mass is 292 g/mol. The van der Waals surface area contributed by atoms with E-state index < -0.39 is 12.0 Å². The van der Waals surface area contributed by atoms with E-state index in [4.69, 9.17) is 15.6 Å². The highest BCUT2D eigenvalue weighted by atomic mass is 32.2. The van der Waals surface area contributed by atoms with Crippen LogP contribution in [0, 0.1) is 6.92 Å². The predicted molar refractivity (Wildman–Crippen MR) is 79.4 cm³/mol. The van der Waals surface area contributed by atoms with Gasteiger partial charge < -0.3 is 15.6 Å². The first-order valence-electron chi connectivity index (χ1n) is 6.08. The Hall–Kier alpha value is -1.79. The maximum atomic E-state index is 10.7. The Bertz CT molecular complexity index is 646. The van der Waals surface area contributed by atoms with Crippen molar-refractivity contribution in [2.45, 2.75) is 18.0 Å². The molecule has 0 saturated heterocycles. The minimum atomic E-state index is -1.00. The number of nitrogens with two attached hydrogens (primary N) is 1. The first-order valence-corrected chi connectivity index (χ1v) is 7.06. The molecule has 0 aliphatic carbocycles. The van der Waals surface area contributed by atoms with Gasteiger partial charge in [-0.05, 0) is 36.8 Å². The maximum absolute atomic E-state index is 10.7. The summed E-state index contributed by atoms with van der Waals surface area (Å²) in [4.78, 5) is 15.2.